The Morgan fingerprint density at radius 2 is 1.75 bits per heavy atom. The van der Waals surface area contributed by atoms with Crippen LogP contribution in [0.25, 0.3) is 0 Å². The maximum absolute atomic E-state index is 9.20. The largest absolute Gasteiger partial charge is 0.394 e. The van der Waals surface area contributed by atoms with Crippen molar-refractivity contribution in [2.75, 3.05) is 6.58 Å². The van der Waals surface area contributed by atoms with Crippen LogP contribution in [0.5, 0.6) is 0 Å². The highest BCUT2D eigenvalue weighted by Gasteiger charge is 2.42. The predicted octanol–water partition coefficient (Wildman–Crippen LogP) is -3.22. The summed E-state index contributed by atoms with van der Waals surface area (Å²) < 4.78 is 18.2. The standard InChI is InChI=1S/C6H12O6/c7-1-2-3(8)4(9)5(10)6(11)12-2/h2-11H,1H2/t2-,3-,4+,5-,6-/m1/s1/i1D,6D/t1?,2-,3-,4+,5-,6-. The van der Waals surface area contributed by atoms with Crippen LogP contribution in [0.1, 0.15) is 2.74 Å². The third kappa shape index (κ3) is 1.58. The van der Waals surface area contributed by atoms with Gasteiger partial charge in [-0.05, 0) is 0 Å². The Bertz CT molecular complexity index is 208. The molecule has 1 fully saturated rings. The molecule has 6 nitrogen and oxygen atoms in total. The highest BCUT2D eigenvalue weighted by molar-refractivity contribution is 4.87. The fourth-order valence-electron chi connectivity index (χ4n) is 0.925. The summed E-state index contributed by atoms with van der Waals surface area (Å²) in [5.41, 5.74) is 0. The molecule has 0 bridgehead atoms. The van der Waals surface area contributed by atoms with Gasteiger partial charge in [0.05, 0.1) is 9.32 Å². The van der Waals surface area contributed by atoms with Gasteiger partial charge in [0.15, 0.2) is 6.27 Å². The average Bonchev–Trinajstić information content (AvgIpc) is 2.08. The molecule has 1 aliphatic heterocycles. The van der Waals surface area contributed by atoms with E-state index in [4.69, 9.17) is 23.2 Å². The molecule has 1 rings (SSSR count). The summed E-state index contributed by atoms with van der Waals surface area (Å²) in [6, 6.07) is 0. The monoisotopic (exact) mass is 182 g/mol. The predicted molar refractivity (Wildman–Crippen MR) is 36.0 cm³/mol. The van der Waals surface area contributed by atoms with Crippen molar-refractivity contribution in [3.8, 4) is 0 Å². The molecule has 1 aliphatic rings. The van der Waals surface area contributed by atoms with Crippen LogP contribution in [-0.4, -0.2) is 62.8 Å². The van der Waals surface area contributed by atoms with E-state index in [0.29, 0.717) is 0 Å². The topological polar surface area (TPSA) is 110 Å². The van der Waals surface area contributed by atoms with Crippen LogP contribution < -0.4 is 0 Å². The third-order valence-electron chi connectivity index (χ3n) is 1.67. The molecule has 0 aliphatic carbocycles. The molecule has 0 aromatic carbocycles. The maximum atomic E-state index is 9.20. The Balaban J connectivity index is 2.85. The van der Waals surface area contributed by atoms with Crippen molar-refractivity contribution < 1.29 is 33.0 Å². The zero-order valence-electron chi connectivity index (χ0n) is 8.03. The van der Waals surface area contributed by atoms with Crippen LogP contribution in [0.2, 0.25) is 0 Å². The molecule has 0 radical (unpaired) electrons. The van der Waals surface area contributed by atoms with Crippen LogP contribution >= 0.6 is 0 Å². The van der Waals surface area contributed by atoms with Crippen LogP contribution in [0.15, 0.2) is 0 Å². The summed E-state index contributed by atoms with van der Waals surface area (Å²) in [7, 11) is 0. The second kappa shape index (κ2) is 3.65. The summed E-state index contributed by atoms with van der Waals surface area (Å²) in [5, 5.41) is 45.3. The van der Waals surface area contributed by atoms with Gasteiger partial charge in [-0.2, -0.15) is 0 Å². The first-order chi connectivity index (χ1) is 6.27. The molecule has 1 unspecified atom stereocenters. The Hall–Kier alpha value is -0.240. The first-order valence-electron chi connectivity index (χ1n) is 4.40. The van der Waals surface area contributed by atoms with Crippen molar-refractivity contribution in [3.63, 3.8) is 0 Å². The summed E-state index contributed by atoms with van der Waals surface area (Å²) in [6.07, 6.45) is -10.1. The van der Waals surface area contributed by atoms with Gasteiger partial charge in [-0.1, -0.05) is 0 Å². The molecular weight excluding hydrogens is 168 g/mol. The number of ether oxygens (including phenoxy) is 1. The summed E-state index contributed by atoms with van der Waals surface area (Å²) in [5.74, 6) is 0. The lowest BCUT2D eigenvalue weighted by molar-refractivity contribution is -0.286. The van der Waals surface area contributed by atoms with Gasteiger partial charge in [0, 0.05) is 0 Å². The highest BCUT2D eigenvalue weighted by Crippen LogP contribution is 2.18. The molecule has 0 aromatic rings. The molecule has 6 heteroatoms. The highest BCUT2D eigenvalue weighted by atomic mass is 16.6. The SMILES string of the molecule is [2H]C(O)[C@H]1O[C@@]([2H])(O)[C@H](O)[C@@H](O)[C@@H]1O. The van der Waals surface area contributed by atoms with Crippen molar-refractivity contribution >= 4 is 0 Å². The zero-order valence-corrected chi connectivity index (χ0v) is 6.03. The number of aliphatic hydroxyl groups excluding tert-OH is 4. The maximum Gasteiger partial charge on any atom is 0.184 e. The number of aliphatic hydroxyl groups is 5. The molecule has 6 atom stereocenters. The zero-order chi connectivity index (χ0) is 11.1. The Morgan fingerprint density at radius 1 is 1.17 bits per heavy atom. The van der Waals surface area contributed by atoms with Gasteiger partial charge in [0.2, 0.25) is 0 Å². The van der Waals surface area contributed by atoms with E-state index >= 15 is 0 Å². The van der Waals surface area contributed by atoms with Gasteiger partial charge >= 0.3 is 0 Å². The molecule has 0 saturated carbocycles. The van der Waals surface area contributed by atoms with Crippen LogP contribution in [-0.2, 0) is 4.74 Å². The van der Waals surface area contributed by atoms with Crippen LogP contribution in [0, 0.1) is 0 Å². The van der Waals surface area contributed by atoms with Crippen molar-refractivity contribution in [1.82, 2.24) is 0 Å². The Labute approximate surface area is 71.5 Å². The molecule has 12 heavy (non-hydrogen) atoms. The van der Waals surface area contributed by atoms with Crippen molar-refractivity contribution in [2.24, 2.45) is 0 Å². The first kappa shape index (κ1) is 7.19. The summed E-state index contributed by atoms with van der Waals surface area (Å²) in [6.45, 7) is -1.93. The van der Waals surface area contributed by atoms with Gasteiger partial charge < -0.3 is 30.3 Å². The van der Waals surface area contributed by atoms with Crippen molar-refractivity contribution in [3.05, 3.63) is 0 Å². The smallest absolute Gasteiger partial charge is 0.184 e. The van der Waals surface area contributed by atoms with E-state index < -0.39 is 37.3 Å². The van der Waals surface area contributed by atoms with E-state index in [1.54, 1.807) is 0 Å². The van der Waals surface area contributed by atoms with Gasteiger partial charge in [-0.25, -0.2) is 0 Å². The molecule has 5 N–H and O–H groups in total. The lowest BCUT2D eigenvalue weighted by Crippen LogP contribution is -2.58. The van der Waals surface area contributed by atoms with Crippen molar-refractivity contribution in [2.45, 2.75) is 30.7 Å². The molecular formula is C6H12O6. The average molecular weight is 182 g/mol. The van der Waals surface area contributed by atoms with Crippen LogP contribution in [0.4, 0.5) is 0 Å². The number of hydrogen-bond acceptors (Lipinski definition) is 6. The molecule has 1 saturated heterocycles. The first-order valence-corrected chi connectivity index (χ1v) is 3.32. The van der Waals surface area contributed by atoms with E-state index in [1.807, 2.05) is 0 Å². The van der Waals surface area contributed by atoms with Crippen LogP contribution in [0.3, 0.4) is 0 Å². The number of hydrogen-bond donors (Lipinski definition) is 5. The van der Waals surface area contributed by atoms with E-state index in [-0.39, 0.29) is 0 Å². The van der Waals surface area contributed by atoms with E-state index in [0.717, 1.165) is 0 Å². The normalized spacial score (nSPS) is 60.4. The molecule has 1 heterocycles. The molecule has 0 aromatic heterocycles. The fourth-order valence-corrected chi connectivity index (χ4v) is 0.925. The molecule has 0 amide bonds. The number of rotatable bonds is 1. The summed E-state index contributed by atoms with van der Waals surface area (Å²) >= 11 is 0. The Kier molecular flexibility index (Phi) is 2.19. The fraction of sp³-hybridized carbons (Fsp3) is 1.00. The van der Waals surface area contributed by atoms with Gasteiger partial charge in [-0.15, -0.1) is 0 Å². The minimum Gasteiger partial charge on any atom is -0.394 e. The van der Waals surface area contributed by atoms with Gasteiger partial charge in [-0.3, -0.25) is 0 Å². The quantitative estimate of drug-likeness (QED) is 0.292. The second-order valence-electron chi connectivity index (χ2n) is 2.50. The second-order valence-corrected chi connectivity index (χ2v) is 2.50. The Morgan fingerprint density at radius 3 is 2.25 bits per heavy atom. The van der Waals surface area contributed by atoms with E-state index in [9.17, 15) is 5.11 Å². The molecule has 72 valence electrons. The van der Waals surface area contributed by atoms with Gasteiger partial charge in [0.1, 0.15) is 24.4 Å². The molecule has 0 spiro atoms. The lowest BCUT2D eigenvalue weighted by Gasteiger charge is -2.37. The van der Waals surface area contributed by atoms with Gasteiger partial charge in [0.25, 0.3) is 0 Å². The minimum atomic E-state index is -2.84. The lowest BCUT2D eigenvalue weighted by atomic mass is 10.00. The third-order valence-corrected chi connectivity index (χ3v) is 1.67. The van der Waals surface area contributed by atoms with E-state index in [1.165, 1.54) is 0 Å². The van der Waals surface area contributed by atoms with Crippen molar-refractivity contribution in [1.29, 1.82) is 0 Å². The van der Waals surface area contributed by atoms with E-state index in [2.05, 4.69) is 4.74 Å². The minimum absolute atomic E-state index is 1.64. The summed E-state index contributed by atoms with van der Waals surface area (Å²) in [4.78, 5) is 0.